The molecular weight excluding hydrogens is 1100 g/mol. The molecule has 0 aliphatic carbocycles. The minimum atomic E-state index is -0.860. The molecular formula is C65H100O20. The van der Waals surface area contributed by atoms with Crippen molar-refractivity contribution >= 4 is 23.9 Å². The maximum atomic E-state index is 12.3. The maximum absolute atomic E-state index is 12.3. The number of ether oxygens (including phenoxy) is 12. The summed E-state index contributed by atoms with van der Waals surface area (Å²) in [4.78, 5) is 49.1. The molecule has 0 aromatic heterocycles. The Morgan fingerprint density at radius 1 is 0.435 bits per heavy atom. The van der Waals surface area contributed by atoms with Crippen LogP contribution in [-0.4, -0.2) is 186 Å². The predicted octanol–water partition coefficient (Wildman–Crippen LogP) is 7.74. The predicted molar refractivity (Wildman–Crippen MR) is 324 cm³/mol. The van der Waals surface area contributed by atoms with Crippen molar-refractivity contribution in [3.63, 3.8) is 0 Å². The molecule has 0 amide bonds. The van der Waals surface area contributed by atoms with Gasteiger partial charge in [0.05, 0.1) is 130 Å². The van der Waals surface area contributed by atoms with Gasteiger partial charge in [-0.25, -0.2) is 0 Å². The van der Waals surface area contributed by atoms with E-state index in [2.05, 4.69) is 39.5 Å². The Bertz CT molecular complexity index is 2260. The fourth-order valence-corrected chi connectivity index (χ4v) is 7.30. The first-order valence-electron chi connectivity index (χ1n) is 28.1. The van der Waals surface area contributed by atoms with Crippen molar-refractivity contribution in [1.29, 1.82) is 0 Å². The summed E-state index contributed by atoms with van der Waals surface area (Å²) in [5.74, 6) is -3.95. The first-order chi connectivity index (χ1) is 40.2. The number of esters is 4. The Morgan fingerprint density at radius 2 is 0.753 bits per heavy atom. The minimum absolute atomic E-state index is 0.0194. The lowest BCUT2D eigenvalue weighted by Crippen LogP contribution is -2.44. The number of aliphatic hydroxyl groups is 4. The lowest BCUT2D eigenvalue weighted by molar-refractivity contribution is -0.163. The highest BCUT2D eigenvalue weighted by atomic mass is 16.6. The average molecular weight is 1200 g/mol. The van der Waals surface area contributed by atoms with Gasteiger partial charge in [0, 0.05) is 0 Å². The highest BCUT2D eigenvalue weighted by Crippen LogP contribution is 2.20. The van der Waals surface area contributed by atoms with Gasteiger partial charge in [-0.05, 0) is 73.4 Å². The van der Waals surface area contributed by atoms with E-state index in [-0.39, 0.29) is 85.5 Å². The van der Waals surface area contributed by atoms with Crippen molar-refractivity contribution in [1.82, 2.24) is 0 Å². The molecule has 20 nitrogen and oxygen atoms in total. The van der Waals surface area contributed by atoms with Gasteiger partial charge in [-0.15, -0.1) is 0 Å². The molecule has 0 fully saturated rings. The van der Waals surface area contributed by atoms with Crippen LogP contribution in [0.25, 0.3) is 0 Å². The van der Waals surface area contributed by atoms with Gasteiger partial charge in [0.15, 0.2) is 0 Å². The molecule has 0 radical (unpaired) electrons. The van der Waals surface area contributed by atoms with Crippen LogP contribution in [0.15, 0.2) is 134 Å². The largest absolute Gasteiger partial charge is 0.469 e. The number of hydrogen-bond donors (Lipinski definition) is 4. The smallest absolute Gasteiger partial charge is 0.311 e. The number of rotatable bonds is 43. The van der Waals surface area contributed by atoms with Crippen molar-refractivity contribution < 1.29 is 96.4 Å². The number of aliphatic hydroxyl groups excluding tert-OH is 4. The summed E-state index contributed by atoms with van der Waals surface area (Å²) in [5, 5.41) is 38.9. The highest BCUT2D eigenvalue weighted by molar-refractivity contribution is 5.80. The molecule has 0 aliphatic heterocycles. The fraction of sp³-hybridized carbons (Fsp3) is 0.569. The van der Waals surface area contributed by atoms with Gasteiger partial charge in [-0.2, -0.15) is 0 Å². The topological polar surface area (TPSA) is 260 Å². The average Bonchev–Trinajstić information content (AvgIpc) is 3.49. The quantitative estimate of drug-likeness (QED) is 0.0281. The Kier molecular flexibility index (Phi) is 43.4. The van der Waals surface area contributed by atoms with Gasteiger partial charge in [0.25, 0.3) is 0 Å². The SMILES string of the molecule is C=C(C)CO[C@@H]([C@H](C)O)[C@H](CO)OCC(=C)C.C=C(C)CO[C@@H]([C@H](C)O)[C@H](COC[C@H](CC(=O)OCc1ccccc1)C(=O)OC)OCC(=C)C.C=C(C)CO[C@@H]([C@H](C)OC[C@H](CC(=O)OCc1ccccc1)C(=O)OC)[C@H](CO)OCC(=C)C. The summed E-state index contributed by atoms with van der Waals surface area (Å²) in [6.45, 7) is 39.8. The van der Waals surface area contributed by atoms with Gasteiger partial charge in [0.2, 0.25) is 0 Å². The third-order valence-corrected chi connectivity index (χ3v) is 11.6. The van der Waals surface area contributed by atoms with Gasteiger partial charge >= 0.3 is 23.9 Å². The standard InChI is InChI=1S/2C26H38O8.C13H24O4/c1-18(2)14-32-23(13-27)25(34-15-19(3)4)20(5)31-17-22(26(29)30-6)12-24(28)33-16-21-10-8-7-9-11-21;1-18(2)13-32-23(25(20(5)27)34-14-19(3)4)17-31-16-22(26(29)30-6)12-24(28)33-15-21-10-8-7-9-11-21;1-9(2)7-16-12(6-14)13(11(5)15)17-8-10(3)4/h2*7-11,20,22-23,25,27H,1,3,12-17H2,2,4-6H3;11-15H,1,3,6-8H2,2,4-5H3/t2*20-,22-,23-,25-;11-,12-,13-/m000/s1. The molecule has 2 aromatic carbocycles. The molecule has 85 heavy (non-hydrogen) atoms. The van der Waals surface area contributed by atoms with Crippen LogP contribution in [0.1, 0.15) is 86.3 Å². The molecule has 0 spiro atoms. The third kappa shape index (κ3) is 38.1. The van der Waals surface area contributed by atoms with Crippen molar-refractivity contribution in [3.8, 4) is 0 Å². The van der Waals surface area contributed by atoms with E-state index >= 15 is 0 Å². The van der Waals surface area contributed by atoms with E-state index in [9.17, 15) is 39.6 Å². The molecule has 0 bridgehead atoms. The van der Waals surface area contributed by atoms with Crippen LogP contribution in [-0.2, 0) is 89.2 Å². The molecule has 0 saturated heterocycles. The summed E-state index contributed by atoms with van der Waals surface area (Å²) in [6, 6.07) is 18.5. The summed E-state index contributed by atoms with van der Waals surface area (Å²) in [5.41, 5.74) is 6.58. The van der Waals surface area contributed by atoms with Crippen LogP contribution in [0.4, 0.5) is 0 Å². The zero-order valence-electron chi connectivity index (χ0n) is 52.3. The monoisotopic (exact) mass is 1200 g/mol. The Hall–Kier alpha value is -5.72. The van der Waals surface area contributed by atoms with Crippen LogP contribution >= 0.6 is 0 Å². The van der Waals surface area contributed by atoms with E-state index in [1.807, 2.05) is 102 Å². The molecule has 2 rings (SSSR count). The minimum Gasteiger partial charge on any atom is -0.469 e. The molecule has 480 valence electrons. The highest BCUT2D eigenvalue weighted by Gasteiger charge is 2.33. The normalized spacial score (nSPS) is 14.9. The molecule has 0 aliphatic rings. The van der Waals surface area contributed by atoms with E-state index in [4.69, 9.17) is 56.8 Å². The van der Waals surface area contributed by atoms with Crippen molar-refractivity contribution in [2.45, 2.75) is 143 Å². The molecule has 0 heterocycles. The Morgan fingerprint density at radius 3 is 1.09 bits per heavy atom. The number of methoxy groups -OCH3 is 2. The van der Waals surface area contributed by atoms with Crippen LogP contribution in [0.2, 0.25) is 0 Å². The lowest BCUT2D eigenvalue weighted by atomic mass is 10.1. The van der Waals surface area contributed by atoms with E-state index < -0.39 is 90.6 Å². The zero-order valence-corrected chi connectivity index (χ0v) is 52.3. The van der Waals surface area contributed by atoms with Crippen LogP contribution in [0.3, 0.4) is 0 Å². The molecule has 11 atom stereocenters. The lowest BCUT2D eigenvalue weighted by Gasteiger charge is -2.31. The molecule has 0 unspecified atom stereocenters. The molecule has 4 N–H and O–H groups in total. The maximum Gasteiger partial charge on any atom is 0.311 e. The van der Waals surface area contributed by atoms with Gasteiger partial charge < -0.3 is 77.3 Å². The fourth-order valence-electron chi connectivity index (χ4n) is 7.30. The number of hydrogen-bond acceptors (Lipinski definition) is 20. The van der Waals surface area contributed by atoms with Crippen LogP contribution < -0.4 is 0 Å². The van der Waals surface area contributed by atoms with Gasteiger partial charge in [-0.3, -0.25) is 19.2 Å². The Labute approximate surface area is 505 Å². The van der Waals surface area contributed by atoms with Crippen molar-refractivity contribution in [3.05, 3.63) is 145 Å². The summed E-state index contributed by atoms with van der Waals surface area (Å²) in [6.07, 6.45) is -6.33. The number of carbonyl (C=O) groups excluding carboxylic acids is 4. The van der Waals surface area contributed by atoms with Crippen LogP contribution in [0, 0.1) is 11.8 Å². The molecule has 20 heteroatoms. The Balaban J connectivity index is 0.00000132. The number of benzene rings is 2. The third-order valence-electron chi connectivity index (χ3n) is 11.6. The number of carbonyl (C=O) groups is 4. The van der Waals surface area contributed by atoms with Crippen molar-refractivity contribution in [2.75, 3.05) is 86.9 Å². The van der Waals surface area contributed by atoms with Gasteiger partial charge in [-0.1, -0.05) is 134 Å². The van der Waals surface area contributed by atoms with E-state index in [0.717, 1.165) is 44.6 Å². The first kappa shape index (κ1) is 79.3. The summed E-state index contributed by atoms with van der Waals surface area (Å²) >= 11 is 0. The van der Waals surface area contributed by atoms with Crippen molar-refractivity contribution in [2.24, 2.45) is 11.8 Å². The molecule has 0 saturated carbocycles. The van der Waals surface area contributed by atoms with Gasteiger partial charge in [0.1, 0.15) is 49.8 Å². The second-order valence-electron chi connectivity index (χ2n) is 21.2. The second-order valence-corrected chi connectivity index (χ2v) is 21.2. The summed E-state index contributed by atoms with van der Waals surface area (Å²) < 4.78 is 66.0. The summed E-state index contributed by atoms with van der Waals surface area (Å²) in [7, 11) is 2.50. The zero-order chi connectivity index (χ0) is 64.4. The first-order valence-corrected chi connectivity index (χ1v) is 28.1. The van der Waals surface area contributed by atoms with E-state index in [0.29, 0.717) is 13.2 Å². The van der Waals surface area contributed by atoms with Crippen LogP contribution in [0.5, 0.6) is 0 Å². The van der Waals surface area contributed by atoms with E-state index in [1.54, 1.807) is 20.8 Å². The van der Waals surface area contributed by atoms with E-state index in [1.165, 1.54) is 14.2 Å². The second kappa shape index (κ2) is 46.5. The molecule has 2 aromatic rings.